The summed E-state index contributed by atoms with van der Waals surface area (Å²) in [4.78, 5) is 0. The molecule has 0 saturated carbocycles. The number of rotatable bonds is 6. The van der Waals surface area contributed by atoms with Gasteiger partial charge in [0, 0.05) is 19.3 Å². The van der Waals surface area contributed by atoms with Crippen molar-refractivity contribution in [3.8, 4) is 0 Å². The Hall–Kier alpha value is -0.120. The van der Waals surface area contributed by atoms with Gasteiger partial charge < -0.3 is 15.5 Å². The summed E-state index contributed by atoms with van der Waals surface area (Å²) in [7, 11) is 0. The average molecular weight is 189 g/mol. The molecule has 0 aliphatic heterocycles. The Balaban J connectivity index is 3.81. The van der Waals surface area contributed by atoms with E-state index >= 15 is 0 Å². The SMILES string of the molecule is CC(C)(C)C(CCO)NCCCO. The number of nitrogens with one attached hydrogen (secondary N) is 1. The van der Waals surface area contributed by atoms with E-state index in [0.29, 0.717) is 6.04 Å². The van der Waals surface area contributed by atoms with Crippen LogP contribution in [0.4, 0.5) is 0 Å². The lowest BCUT2D eigenvalue weighted by atomic mass is 9.85. The molecule has 80 valence electrons. The molecule has 0 saturated heterocycles. The number of hydrogen-bond donors (Lipinski definition) is 3. The van der Waals surface area contributed by atoms with E-state index in [1.165, 1.54) is 0 Å². The molecule has 3 N–H and O–H groups in total. The Labute approximate surface area is 81.2 Å². The van der Waals surface area contributed by atoms with Crippen molar-refractivity contribution in [1.82, 2.24) is 5.32 Å². The van der Waals surface area contributed by atoms with Crippen LogP contribution < -0.4 is 5.32 Å². The molecule has 3 nitrogen and oxygen atoms in total. The minimum atomic E-state index is 0.165. The number of aliphatic hydroxyl groups excluding tert-OH is 2. The fourth-order valence-electron chi connectivity index (χ4n) is 1.33. The molecule has 3 heteroatoms. The summed E-state index contributed by atoms with van der Waals surface area (Å²) in [5.74, 6) is 0. The van der Waals surface area contributed by atoms with Crippen molar-refractivity contribution in [2.45, 2.75) is 39.7 Å². The Bertz CT molecular complexity index is 121. The first-order valence-corrected chi connectivity index (χ1v) is 4.97. The van der Waals surface area contributed by atoms with Crippen molar-refractivity contribution in [2.75, 3.05) is 19.8 Å². The molecule has 0 bridgehead atoms. The lowest BCUT2D eigenvalue weighted by Gasteiger charge is -2.31. The van der Waals surface area contributed by atoms with Crippen molar-refractivity contribution in [1.29, 1.82) is 0 Å². The van der Waals surface area contributed by atoms with Gasteiger partial charge in [0.15, 0.2) is 0 Å². The summed E-state index contributed by atoms with van der Waals surface area (Å²) in [6, 6.07) is 0.323. The van der Waals surface area contributed by atoms with Crippen LogP contribution in [0.15, 0.2) is 0 Å². The Morgan fingerprint density at radius 1 is 1.15 bits per heavy atom. The van der Waals surface area contributed by atoms with Crippen molar-refractivity contribution < 1.29 is 10.2 Å². The van der Waals surface area contributed by atoms with E-state index in [1.807, 2.05) is 0 Å². The average Bonchev–Trinajstić information content (AvgIpc) is 2.01. The maximum atomic E-state index is 8.87. The van der Waals surface area contributed by atoms with Crippen LogP contribution in [0.2, 0.25) is 0 Å². The predicted octanol–water partition coefficient (Wildman–Crippen LogP) is 0.756. The first kappa shape index (κ1) is 12.9. The quantitative estimate of drug-likeness (QED) is 0.541. The third-order valence-corrected chi connectivity index (χ3v) is 2.19. The summed E-state index contributed by atoms with van der Waals surface area (Å²) in [5.41, 5.74) is 0.165. The Kier molecular flexibility index (Phi) is 6.29. The van der Waals surface area contributed by atoms with E-state index in [4.69, 9.17) is 10.2 Å². The summed E-state index contributed by atoms with van der Waals surface area (Å²) >= 11 is 0. The maximum absolute atomic E-state index is 8.87. The van der Waals surface area contributed by atoms with E-state index in [0.717, 1.165) is 19.4 Å². The molecule has 0 aliphatic carbocycles. The Morgan fingerprint density at radius 3 is 2.15 bits per heavy atom. The second kappa shape index (κ2) is 6.35. The molecule has 0 aliphatic rings. The predicted molar refractivity (Wildman–Crippen MR) is 54.7 cm³/mol. The minimum Gasteiger partial charge on any atom is -0.396 e. The smallest absolute Gasteiger partial charge is 0.0446 e. The molecular formula is C10H23NO2. The second-order valence-electron chi connectivity index (χ2n) is 4.46. The van der Waals surface area contributed by atoms with Gasteiger partial charge in [-0.1, -0.05) is 20.8 Å². The lowest BCUT2D eigenvalue weighted by molar-refractivity contribution is 0.193. The van der Waals surface area contributed by atoms with E-state index in [2.05, 4.69) is 26.1 Å². The van der Waals surface area contributed by atoms with Crippen LogP contribution in [-0.2, 0) is 0 Å². The first-order chi connectivity index (χ1) is 6.02. The fourth-order valence-corrected chi connectivity index (χ4v) is 1.33. The molecule has 0 aromatic carbocycles. The molecule has 1 atom stereocenters. The second-order valence-corrected chi connectivity index (χ2v) is 4.46. The van der Waals surface area contributed by atoms with E-state index in [9.17, 15) is 0 Å². The summed E-state index contributed by atoms with van der Waals surface area (Å²) in [6.07, 6.45) is 1.55. The van der Waals surface area contributed by atoms with E-state index < -0.39 is 0 Å². The molecule has 0 aromatic rings. The molecule has 0 aromatic heterocycles. The van der Waals surface area contributed by atoms with Crippen LogP contribution in [0.3, 0.4) is 0 Å². The summed E-state index contributed by atoms with van der Waals surface area (Å²) in [5, 5.41) is 20.8. The molecule has 13 heavy (non-hydrogen) atoms. The normalized spacial score (nSPS) is 14.5. The van der Waals surface area contributed by atoms with Gasteiger partial charge in [0.1, 0.15) is 0 Å². The zero-order valence-corrected chi connectivity index (χ0v) is 9.01. The third kappa shape index (κ3) is 6.02. The minimum absolute atomic E-state index is 0.165. The van der Waals surface area contributed by atoms with Gasteiger partial charge in [-0.2, -0.15) is 0 Å². The van der Waals surface area contributed by atoms with Crippen LogP contribution in [0.25, 0.3) is 0 Å². The molecule has 0 heterocycles. The largest absolute Gasteiger partial charge is 0.396 e. The van der Waals surface area contributed by atoms with Crippen LogP contribution in [0.1, 0.15) is 33.6 Å². The highest BCUT2D eigenvalue weighted by Gasteiger charge is 2.22. The highest BCUT2D eigenvalue weighted by atomic mass is 16.3. The monoisotopic (exact) mass is 189 g/mol. The van der Waals surface area contributed by atoms with E-state index in [1.54, 1.807) is 0 Å². The van der Waals surface area contributed by atoms with Gasteiger partial charge >= 0.3 is 0 Å². The van der Waals surface area contributed by atoms with Crippen molar-refractivity contribution in [3.63, 3.8) is 0 Å². The molecule has 0 spiro atoms. The molecule has 0 amide bonds. The Morgan fingerprint density at radius 2 is 1.77 bits per heavy atom. The van der Waals surface area contributed by atoms with Gasteiger partial charge in [0.25, 0.3) is 0 Å². The fraction of sp³-hybridized carbons (Fsp3) is 1.00. The van der Waals surface area contributed by atoms with Crippen LogP contribution >= 0.6 is 0 Å². The van der Waals surface area contributed by atoms with Crippen molar-refractivity contribution >= 4 is 0 Å². The van der Waals surface area contributed by atoms with Crippen LogP contribution in [-0.4, -0.2) is 36.0 Å². The van der Waals surface area contributed by atoms with Crippen LogP contribution in [0.5, 0.6) is 0 Å². The van der Waals surface area contributed by atoms with Gasteiger partial charge in [-0.3, -0.25) is 0 Å². The molecule has 0 radical (unpaired) electrons. The number of aliphatic hydroxyl groups is 2. The highest BCUT2D eigenvalue weighted by molar-refractivity contribution is 4.79. The topological polar surface area (TPSA) is 52.5 Å². The molecular weight excluding hydrogens is 166 g/mol. The number of hydrogen-bond acceptors (Lipinski definition) is 3. The highest BCUT2D eigenvalue weighted by Crippen LogP contribution is 2.21. The lowest BCUT2D eigenvalue weighted by Crippen LogP contribution is -2.41. The first-order valence-electron chi connectivity index (χ1n) is 4.97. The van der Waals surface area contributed by atoms with Crippen molar-refractivity contribution in [2.24, 2.45) is 5.41 Å². The molecule has 1 unspecified atom stereocenters. The zero-order chi connectivity index (χ0) is 10.3. The third-order valence-electron chi connectivity index (χ3n) is 2.19. The summed E-state index contributed by atoms with van der Waals surface area (Å²) in [6.45, 7) is 7.72. The van der Waals surface area contributed by atoms with Gasteiger partial charge in [-0.25, -0.2) is 0 Å². The van der Waals surface area contributed by atoms with Crippen molar-refractivity contribution in [3.05, 3.63) is 0 Å². The zero-order valence-electron chi connectivity index (χ0n) is 9.01. The van der Waals surface area contributed by atoms with Gasteiger partial charge in [-0.05, 0) is 24.8 Å². The van der Waals surface area contributed by atoms with Gasteiger partial charge in [-0.15, -0.1) is 0 Å². The summed E-state index contributed by atoms with van der Waals surface area (Å²) < 4.78 is 0. The van der Waals surface area contributed by atoms with Crippen LogP contribution in [0, 0.1) is 5.41 Å². The molecule has 0 rings (SSSR count). The van der Waals surface area contributed by atoms with Gasteiger partial charge in [0.2, 0.25) is 0 Å². The maximum Gasteiger partial charge on any atom is 0.0446 e. The standard InChI is InChI=1S/C10H23NO2/c1-10(2,3)9(5-8-13)11-6-4-7-12/h9,11-13H,4-8H2,1-3H3. The van der Waals surface area contributed by atoms with E-state index in [-0.39, 0.29) is 18.6 Å². The molecule has 0 fully saturated rings. The van der Waals surface area contributed by atoms with Gasteiger partial charge in [0.05, 0.1) is 0 Å².